The molecule has 25 heavy (non-hydrogen) atoms. The quantitative estimate of drug-likeness (QED) is 0.821. The van der Waals surface area contributed by atoms with Crippen LogP contribution in [-0.4, -0.2) is 70.3 Å². The van der Waals surface area contributed by atoms with Crippen molar-refractivity contribution in [2.45, 2.75) is 19.1 Å². The van der Waals surface area contributed by atoms with Crippen molar-refractivity contribution in [2.75, 3.05) is 33.7 Å². The molecule has 0 radical (unpaired) electrons. The number of amides is 1. The van der Waals surface area contributed by atoms with E-state index < -0.39 is 0 Å². The number of aromatic nitrogens is 2. The summed E-state index contributed by atoms with van der Waals surface area (Å²) in [5.41, 5.74) is 2.32. The second kappa shape index (κ2) is 8.18. The first-order chi connectivity index (χ1) is 12.1. The lowest BCUT2D eigenvalue weighted by Gasteiger charge is -2.41. The van der Waals surface area contributed by atoms with Crippen LogP contribution in [0.4, 0.5) is 0 Å². The minimum absolute atomic E-state index is 0.138. The number of hydrogen-bond acceptors (Lipinski definition) is 5. The van der Waals surface area contributed by atoms with E-state index in [0.717, 1.165) is 38.3 Å². The van der Waals surface area contributed by atoms with Gasteiger partial charge in [-0.05, 0) is 23.3 Å². The van der Waals surface area contributed by atoms with Crippen molar-refractivity contribution in [3.05, 3.63) is 60.2 Å². The first kappa shape index (κ1) is 17.5. The standard InChI is InChI=1S/C19H25N5O/c1-22(2)19(25)18-15-23(13-16-5-3-7-20-11-16)9-10-24(18)14-17-6-4-8-21-12-17/h3-8,11-12,18H,9-10,13-15H2,1-2H3/t18-/m0/s1. The van der Waals surface area contributed by atoms with E-state index in [-0.39, 0.29) is 11.9 Å². The molecule has 6 nitrogen and oxygen atoms in total. The Morgan fingerprint density at radius 2 is 1.72 bits per heavy atom. The molecule has 1 fully saturated rings. The third-order valence-corrected chi connectivity index (χ3v) is 4.54. The third-order valence-electron chi connectivity index (χ3n) is 4.54. The molecule has 1 aliphatic heterocycles. The van der Waals surface area contributed by atoms with E-state index >= 15 is 0 Å². The predicted molar refractivity (Wildman–Crippen MR) is 96.6 cm³/mol. The van der Waals surface area contributed by atoms with Crippen molar-refractivity contribution >= 4 is 5.91 Å². The molecule has 0 saturated carbocycles. The van der Waals surface area contributed by atoms with Crippen LogP contribution in [0, 0.1) is 0 Å². The van der Waals surface area contributed by atoms with Crippen LogP contribution in [0.15, 0.2) is 49.1 Å². The number of rotatable bonds is 5. The lowest BCUT2D eigenvalue weighted by atomic mass is 10.1. The Labute approximate surface area is 149 Å². The molecule has 0 aliphatic carbocycles. The van der Waals surface area contributed by atoms with Crippen molar-refractivity contribution in [1.82, 2.24) is 24.7 Å². The second-order valence-corrected chi connectivity index (χ2v) is 6.68. The number of hydrogen-bond donors (Lipinski definition) is 0. The molecule has 1 atom stereocenters. The molecule has 3 rings (SSSR count). The molecule has 3 heterocycles. The van der Waals surface area contributed by atoms with E-state index in [1.807, 2.05) is 38.6 Å². The number of carbonyl (C=O) groups is 1. The monoisotopic (exact) mass is 339 g/mol. The van der Waals surface area contributed by atoms with E-state index in [9.17, 15) is 4.79 Å². The van der Waals surface area contributed by atoms with Gasteiger partial charge in [0, 0.05) is 71.6 Å². The largest absolute Gasteiger partial charge is 0.347 e. The maximum atomic E-state index is 12.7. The number of likely N-dealkylation sites (N-methyl/N-ethyl adjacent to an activating group) is 1. The molecule has 132 valence electrons. The van der Waals surface area contributed by atoms with Gasteiger partial charge in [-0.1, -0.05) is 12.1 Å². The third kappa shape index (κ3) is 4.61. The molecule has 1 amide bonds. The molecular formula is C19H25N5O. The summed E-state index contributed by atoms with van der Waals surface area (Å²) < 4.78 is 0. The van der Waals surface area contributed by atoms with Crippen molar-refractivity contribution in [3.63, 3.8) is 0 Å². The van der Waals surface area contributed by atoms with Gasteiger partial charge in [0.05, 0.1) is 0 Å². The van der Waals surface area contributed by atoms with Crippen molar-refractivity contribution in [3.8, 4) is 0 Å². The number of nitrogens with zero attached hydrogens (tertiary/aromatic N) is 5. The molecule has 0 unspecified atom stereocenters. The van der Waals surface area contributed by atoms with Gasteiger partial charge in [-0.25, -0.2) is 0 Å². The van der Waals surface area contributed by atoms with Crippen LogP contribution in [0.1, 0.15) is 11.1 Å². The summed E-state index contributed by atoms with van der Waals surface area (Å²) in [6.45, 7) is 4.10. The summed E-state index contributed by atoms with van der Waals surface area (Å²) in [5.74, 6) is 0.153. The SMILES string of the molecule is CN(C)C(=O)[C@@H]1CN(Cc2cccnc2)CCN1Cc1cccnc1. The van der Waals surface area contributed by atoms with E-state index in [4.69, 9.17) is 0 Å². The smallest absolute Gasteiger partial charge is 0.240 e. The summed E-state index contributed by atoms with van der Waals surface area (Å²) >= 11 is 0. The van der Waals surface area contributed by atoms with Crippen molar-refractivity contribution in [2.24, 2.45) is 0 Å². The lowest BCUT2D eigenvalue weighted by Crippen LogP contribution is -2.58. The predicted octanol–water partition coefficient (Wildman–Crippen LogP) is 1.25. The van der Waals surface area contributed by atoms with Crippen LogP contribution >= 0.6 is 0 Å². The fraction of sp³-hybridized carbons (Fsp3) is 0.421. The molecule has 0 N–H and O–H groups in total. The van der Waals surface area contributed by atoms with Gasteiger partial charge in [0.25, 0.3) is 0 Å². The summed E-state index contributed by atoms with van der Waals surface area (Å²) in [5, 5.41) is 0. The lowest BCUT2D eigenvalue weighted by molar-refractivity contribution is -0.137. The molecule has 0 spiro atoms. The van der Waals surface area contributed by atoms with E-state index in [1.54, 1.807) is 17.3 Å². The van der Waals surface area contributed by atoms with Gasteiger partial charge in [0.1, 0.15) is 6.04 Å². The summed E-state index contributed by atoms with van der Waals surface area (Å²) in [4.78, 5) is 27.4. The maximum absolute atomic E-state index is 12.7. The summed E-state index contributed by atoms with van der Waals surface area (Å²) in [6.07, 6.45) is 7.33. The Kier molecular flexibility index (Phi) is 5.73. The zero-order valence-electron chi connectivity index (χ0n) is 14.9. The van der Waals surface area contributed by atoms with Crippen LogP contribution in [0.3, 0.4) is 0 Å². The fourth-order valence-electron chi connectivity index (χ4n) is 3.22. The Morgan fingerprint density at radius 1 is 1.08 bits per heavy atom. The van der Waals surface area contributed by atoms with E-state index in [1.165, 1.54) is 5.56 Å². The maximum Gasteiger partial charge on any atom is 0.240 e. The molecule has 0 bridgehead atoms. The van der Waals surface area contributed by atoms with Gasteiger partial charge in [0.15, 0.2) is 0 Å². The first-order valence-corrected chi connectivity index (χ1v) is 8.59. The Hall–Kier alpha value is -2.31. The molecular weight excluding hydrogens is 314 g/mol. The Bertz CT molecular complexity index is 677. The van der Waals surface area contributed by atoms with Gasteiger partial charge in [-0.2, -0.15) is 0 Å². The average molecular weight is 339 g/mol. The molecule has 2 aromatic heterocycles. The highest BCUT2D eigenvalue weighted by atomic mass is 16.2. The highest BCUT2D eigenvalue weighted by Crippen LogP contribution is 2.17. The van der Waals surface area contributed by atoms with Gasteiger partial charge in [-0.3, -0.25) is 24.6 Å². The number of pyridine rings is 2. The van der Waals surface area contributed by atoms with Crippen LogP contribution in [0.25, 0.3) is 0 Å². The topological polar surface area (TPSA) is 52.6 Å². The van der Waals surface area contributed by atoms with Gasteiger partial charge in [-0.15, -0.1) is 0 Å². The molecule has 1 saturated heterocycles. The van der Waals surface area contributed by atoms with Crippen LogP contribution < -0.4 is 0 Å². The van der Waals surface area contributed by atoms with Crippen LogP contribution in [-0.2, 0) is 17.9 Å². The van der Waals surface area contributed by atoms with Gasteiger partial charge in [0.2, 0.25) is 5.91 Å². The zero-order valence-corrected chi connectivity index (χ0v) is 14.9. The highest BCUT2D eigenvalue weighted by Gasteiger charge is 2.33. The normalized spacial score (nSPS) is 18.9. The average Bonchev–Trinajstić information content (AvgIpc) is 2.64. The second-order valence-electron chi connectivity index (χ2n) is 6.68. The molecule has 6 heteroatoms. The molecule has 1 aliphatic rings. The van der Waals surface area contributed by atoms with Gasteiger partial charge < -0.3 is 4.90 Å². The fourth-order valence-corrected chi connectivity index (χ4v) is 3.22. The highest BCUT2D eigenvalue weighted by molar-refractivity contribution is 5.81. The number of carbonyl (C=O) groups excluding carboxylic acids is 1. The first-order valence-electron chi connectivity index (χ1n) is 8.59. The minimum atomic E-state index is -0.138. The van der Waals surface area contributed by atoms with Crippen molar-refractivity contribution in [1.29, 1.82) is 0 Å². The summed E-state index contributed by atoms with van der Waals surface area (Å²) in [7, 11) is 3.65. The van der Waals surface area contributed by atoms with Gasteiger partial charge >= 0.3 is 0 Å². The van der Waals surface area contributed by atoms with Crippen molar-refractivity contribution < 1.29 is 4.79 Å². The Morgan fingerprint density at radius 3 is 2.28 bits per heavy atom. The van der Waals surface area contributed by atoms with E-state index in [2.05, 4.69) is 31.9 Å². The number of piperazine rings is 1. The van der Waals surface area contributed by atoms with E-state index in [0.29, 0.717) is 0 Å². The summed E-state index contributed by atoms with van der Waals surface area (Å²) in [6, 6.07) is 7.90. The zero-order chi connectivity index (χ0) is 17.6. The molecule has 0 aromatic carbocycles. The molecule has 2 aromatic rings. The van der Waals surface area contributed by atoms with Crippen LogP contribution in [0.5, 0.6) is 0 Å². The minimum Gasteiger partial charge on any atom is -0.347 e. The van der Waals surface area contributed by atoms with Crippen LogP contribution in [0.2, 0.25) is 0 Å². The Balaban J connectivity index is 1.71.